The first kappa shape index (κ1) is 20.6. The van der Waals surface area contributed by atoms with E-state index in [4.69, 9.17) is 4.42 Å². The van der Waals surface area contributed by atoms with E-state index in [1.165, 1.54) is 18.2 Å². The Bertz CT molecular complexity index is 1160. The molecule has 0 unspecified atom stereocenters. The van der Waals surface area contributed by atoms with Crippen LogP contribution in [-0.4, -0.2) is 10.8 Å². The molecule has 0 aliphatic heterocycles. The molecule has 1 amide bonds. The number of furan rings is 1. The average Bonchev–Trinajstić information content (AvgIpc) is 3.21. The van der Waals surface area contributed by atoms with Crippen LogP contribution < -0.4 is 5.32 Å². The van der Waals surface area contributed by atoms with Crippen LogP contribution in [0.5, 0.6) is 0 Å². The third-order valence-corrected chi connectivity index (χ3v) is 4.62. The van der Waals surface area contributed by atoms with E-state index >= 15 is 0 Å². The van der Waals surface area contributed by atoms with Crippen molar-refractivity contribution in [1.82, 2.24) is 5.32 Å². The number of carbonyl (C=O) groups is 1. The van der Waals surface area contributed by atoms with Gasteiger partial charge in [0.05, 0.1) is 11.0 Å². The van der Waals surface area contributed by atoms with Crippen molar-refractivity contribution in [2.24, 2.45) is 0 Å². The highest BCUT2D eigenvalue weighted by Crippen LogP contribution is 2.29. The van der Waals surface area contributed by atoms with Crippen LogP contribution >= 0.6 is 0 Å². The van der Waals surface area contributed by atoms with Gasteiger partial charge in [0.1, 0.15) is 23.2 Å². The van der Waals surface area contributed by atoms with Crippen LogP contribution in [0.3, 0.4) is 0 Å². The van der Waals surface area contributed by atoms with Crippen LogP contribution in [0.4, 0.5) is 5.69 Å². The van der Waals surface area contributed by atoms with E-state index in [0.717, 1.165) is 11.1 Å². The quantitative estimate of drug-likeness (QED) is 0.272. The second kappa shape index (κ2) is 8.88. The van der Waals surface area contributed by atoms with Gasteiger partial charge >= 0.3 is 0 Å². The van der Waals surface area contributed by atoms with Gasteiger partial charge in [0, 0.05) is 23.8 Å². The Morgan fingerprint density at radius 3 is 2.60 bits per heavy atom. The second-order valence-corrected chi connectivity index (χ2v) is 6.73. The number of carbonyl (C=O) groups excluding carboxylic acids is 1. The highest BCUT2D eigenvalue weighted by Gasteiger charge is 2.16. The van der Waals surface area contributed by atoms with Crippen molar-refractivity contribution in [3.8, 4) is 17.4 Å². The minimum absolute atomic E-state index is 0.0453. The van der Waals surface area contributed by atoms with Gasteiger partial charge in [-0.1, -0.05) is 36.4 Å². The standard InChI is InChI=1S/C23H19N3O4/c1-15-8-9-19(26(28)29)13-21(15)22-11-10-20(30-22)12-18(14-24)23(27)25-16(2)17-6-4-3-5-7-17/h3-13,16H,1-2H3,(H,25,27)/b18-12+/t16-/m1/s1. The van der Waals surface area contributed by atoms with Crippen molar-refractivity contribution in [2.75, 3.05) is 0 Å². The summed E-state index contributed by atoms with van der Waals surface area (Å²) in [5, 5.41) is 23.2. The maximum absolute atomic E-state index is 12.5. The molecule has 0 radical (unpaired) electrons. The largest absolute Gasteiger partial charge is 0.457 e. The zero-order valence-electron chi connectivity index (χ0n) is 16.5. The Kier molecular flexibility index (Phi) is 6.08. The number of hydrogen-bond acceptors (Lipinski definition) is 5. The van der Waals surface area contributed by atoms with E-state index in [2.05, 4.69) is 5.32 Å². The fourth-order valence-electron chi connectivity index (χ4n) is 2.95. The molecule has 3 aromatic rings. The smallest absolute Gasteiger partial charge is 0.270 e. The molecule has 150 valence electrons. The lowest BCUT2D eigenvalue weighted by Gasteiger charge is -2.13. The van der Waals surface area contributed by atoms with Crippen LogP contribution in [0.25, 0.3) is 17.4 Å². The fourth-order valence-corrected chi connectivity index (χ4v) is 2.95. The SMILES string of the molecule is Cc1ccc([N+](=O)[O-])cc1-c1ccc(/C=C(\C#N)C(=O)N[C@H](C)c2ccccc2)o1. The van der Waals surface area contributed by atoms with Crippen LogP contribution in [0.15, 0.2) is 70.7 Å². The Hall–Kier alpha value is -4.18. The average molecular weight is 401 g/mol. The zero-order valence-corrected chi connectivity index (χ0v) is 16.5. The topological polar surface area (TPSA) is 109 Å². The number of nitro benzene ring substituents is 1. The molecule has 0 saturated carbocycles. The molecule has 0 spiro atoms. The number of rotatable bonds is 6. The summed E-state index contributed by atoms with van der Waals surface area (Å²) in [6.45, 7) is 3.65. The normalized spacial score (nSPS) is 12.1. The summed E-state index contributed by atoms with van der Waals surface area (Å²) in [5.41, 5.74) is 2.15. The molecule has 0 fully saturated rings. The summed E-state index contributed by atoms with van der Waals surface area (Å²) >= 11 is 0. The van der Waals surface area contributed by atoms with Gasteiger partial charge in [-0.15, -0.1) is 0 Å². The summed E-state index contributed by atoms with van der Waals surface area (Å²) in [7, 11) is 0. The second-order valence-electron chi connectivity index (χ2n) is 6.73. The summed E-state index contributed by atoms with van der Waals surface area (Å²) < 4.78 is 5.73. The highest BCUT2D eigenvalue weighted by molar-refractivity contribution is 6.01. The van der Waals surface area contributed by atoms with Gasteiger partial charge in [-0.2, -0.15) is 5.26 Å². The van der Waals surface area contributed by atoms with Crippen molar-refractivity contribution in [3.05, 3.63) is 93.2 Å². The summed E-state index contributed by atoms with van der Waals surface area (Å²) in [5.74, 6) is 0.200. The van der Waals surface area contributed by atoms with Crippen molar-refractivity contribution in [1.29, 1.82) is 5.26 Å². The number of nitrogens with zero attached hydrogens (tertiary/aromatic N) is 2. The van der Waals surface area contributed by atoms with Crippen LogP contribution in [0.2, 0.25) is 0 Å². The molecule has 0 saturated heterocycles. The zero-order chi connectivity index (χ0) is 21.7. The highest BCUT2D eigenvalue weighted by atomic mass is 16.6. The predicted molar refractivity (Wildman–Crippen MR) is 112 cm³/mol. The number of aryl methyl sites for hydroxylation is 1. The fraction of sp³-hybridized carbons (Fsp3) is 0.130. The molecule has 1 heterocycles. The number of nitriles is 1. The molecule has 1 atom stereocenters. The van der Waals surface area contributed by atoms with Gasteiger partial charge in [0.2, 0.25) is 0 Å². The van der Waals surface area contributed by atoms with E-state index in [1.807, 2.05) is 50.2 Å². The number of non-ortho nitro benzene ring substituents is 1. The van der Waals surface area contributed by atoms with Crippen LogP contribution in [0, 0.1) is 28.4 Å². The summed E-state index contributed by atoms with van der Waals surface area (Å²) in [6.07, 6.45) is 1.35. The molecule has 0 aliphatic rings. The molecule has 3 rings (SSSR count). The molecular formula is C23H19N3O4. The van der Waals surface area contributed by atoms with Gasteiger partial charge in [-0.3, -0.25) is 14.9 Å². The molecule has 30 heavy (non-hydrogen) atoms. The predicted octanol–water partition coefficient (Wildman–Crippen LogP) is 4.95. The molecule has 7 heteroatoms. The number of nitro groups is 1. The maximum Gasteiger partial charge on any atom is 0.270 e. The molecule has 0 aliphatic carbocycles. The third kappa shape index (κ3) is 4.62. The summed E-state index contributed by atoms with van der Waals surface area (Å²) in [4.78, 5) is 23.1. The molecule has 7 nitrogen and oxygen atoms in total. The molecule has 0 bridgehead atoms. The first-order chi connectivity index (χ1) is 14.4. The van der Waals surface area contributed by atoms with Gasteiger partial charge in [0.15, 0.2) is 0 Å². The van der Waals surface area contributed by atoms with Gasteiger partial charge in [0.25, 0.3) is 11.6 Å². The molecule has 2 aromatic carbocycles. The molecular weight excluding hydrogens is 382 g/mol. The Morgan fingerprint density at radius 1 is 1.20 bits per heavy atom. The van der Waals surface area contributed by atoms with E-state index in [-0.39, 0.29) is 17.3 Å². The number of nitrogens with one attached hydrogen (secondary N) is 1. The van der Waals surface area contributed by atoms with Crippen molar-refractivity contribution < 1.29 is 14.1 Å². The molecule has 1 aromatic heterocycles. The first-order valence-corrected chi connectivity index (χ1v) is 9.22. The maximum atomic E-state index is 12.5. The van der Waals surface area contributed by atoms with Crippen molar-refractivity contribution in [2.45, 2.75) is 19.9 Å². The van der Waals surface area contributed by atoms with E-state index in [9.17, 15) is 20.2 Å². The Labute approximate surface area is 173 Å². The Morgan fingerprint density at radius 2 is 1.93 bits per heavy atom. The van der Waals surface area contributed by atoms with Gasteiger partial charge < -0.3 is 9.73 Å². The number of benzene rings is 2. The van der Waals surface area contributed by atoms with Crippen molar-refractivity contribution in [3.63, 3.8) is 0 Å². The van der Waals surface area contributed by atoms with E-state index in [0.29, 0.717) is 17.1 Å². The Balaban J connectivity index is 1.82. The minimum Gasteiger partial charge on any atom is -0.457 e. The van der Waals surface area contributed by atoms with Gasteiger partial charge in [-0.05, 0) is 37.1 Å². The van der Waals surface area contributed by atoms with Crippen LogP contribution in [-0.2, 0) is 4.79 Å². The lowest BCUT2D eigenvalue weighted by Crippen LogP contribution is -2.27. The monoisotopic (exact) mass is 401 g/mol. The molecule has 1 N–H and O–H groups in total. The van der Waals surface area contributed by atoms with E-state index < -0.39 is 10.8 Å². The number of amides is 1. The van der Waals surface area contributed by atoms with Crippen molar-refractivity contribution >= 4 is 17.7 Å². The minimum atomic E-state index is -0.515. The van der Waals surface area contributed by atoms with Crippen LogP contribution in [0.1, 0.15) is 29.9 Å². The lowest BCUT2D eigenvalue weighted by molar-refractivity contribution is -0.384. The van der Waals surface area contributed by atoms with Gasteiger partial charge in [-0.25, -0.2) is 0 Å². The number of hydrogen-bond donors (Lipinski definition) is 1. The first-order valence-electron chi connectivity index (χ1n) is 9.22. The lowest BCUT2D eigenvalue weighted by atomic mass is 10.1. The third-order valence-electron chi connectivity index (χ3n) is 4.62. The van der Waals surface area contributed by atoms with E-state index in [1.54, 1.807) is 18.2 Å². The summed E-state index contributed by atoms with van der Waals surface area (Å²) in [6, 6.07) is 18.8.